The zero-order chi connectivity index (χ0) is 25.4. The molecule has 0 spiro atoms. The Morgan fingerprint density at radius 3 is 2.46 bits per heavy atom. The summed E-state index contributed by atoms with van der Waals surface area (Å²) in [5.74, 6) is 0.291. The maximum Gasteiger partial charge on any atom is 0.254 e. The molecule has 0 aliphatic carbocycles. The van der Waals surface area contributed by atoms with Gasteiger partial charge in [0.25, 0.3) is 5.95 Å². The molecule has 3 N–H and O–H groups in total. The monoisotopic (exact) mass is 532 g/mol. The van der Waals surface area contributed by atoms with Crippen LogP contribution in [-0.4, -0.2) is 81.2 Å². The van der Waals surface area contributed by atoms with Crippen molar-refractivity contribution < 1.29 is 13.9 Å². The Morgan fingerprint density at radius 2 is 1.78 bits per heavy atom. The molecule has 37 heavy (non-hydrogen) atoms. The molecule has 0 unspecified atom stereocenters. The van der Waals surface area contributed by atoms with Crippen LogP contribution in [0.25, 0.3) is 12.0 Å². The van der Waals surface area contributed by atoms with Crippen LogP contribution in [0.1, 0.15) is 18.2 Å². The number of benzene rings is 1. The second-order valence-corrected chi connectivity index (χ2v) is 9.43. The van der Waals surface area contributed by atoms with E-state index in [0.717, 1.165) is 30.4 Å². The quantitative estimate of drug-likeness (QED) is 0.500. The number of aromatic nitrogens is 4. The average Bonchev–Trinajstić information content (AvgIpc) is 3.17. The topological polar surface area (TPSA) is 99.6 Å². The number of piperazine rings is 1. The number of nitrogens with two attached hydrogens (primary N) is 1. The van der Waals surface area contributed by atoms with E-state index in [2.05, 4.69) is 33.0 Å². The highest BCUT2D eigenvalue weighted by molar-refractivity contribution is 5.85. The van der Waals surface area contributed by atoms with Gasteiger partial charge < -0.3 is 20.6 Å². The lowest BCUT2D eigenvalue weighted by molar-refractivity contribution is 0.141. The molecule has 0 bridgehead atoms. The first-order chi connectivity index (χ1) is 17.3. The van der Waals surface area contributed by atoms with Gasteiger partial charge in [-0.2, -0.15) is 15.1 Å². The molecule has 2 aliphatic rings. The van der Waals surface area contributed by atoms with E-state index in [-0.39, 0.29) is 24.6 Å². The van der Waals surface area contributed by atoms with Gasteiger partial charge in [0, 0.05) is 68.7 Å². The molecule has 2 aliphatic heterocycles. The normalized spacial score (nSPS) is 18.8. The standard InChI is InChI=1S/C25H30F2N8O.ClH/c1-16-13-33(21-9-19(26)8-20(27)10-21)7-6-32(16)5-3-4-18-12-29-35(17(18)2)25-30-23(28)11-24(31-25)34-14-22(36)15-34;/h3-4,8-12,16,22,36H,5-7,13-15H2,1-2H3,(H2,28,30,31);1H/b4-3+;/t16-;/m1./s1. The minimum atomic E-state index is -0.557. The Labute approximate surface area is 220 Å². The van der Waals surface area contributed by atoms with Crippen molar-refractivity contribution in [2.75, 3.05) is 54.8 Å². The van der Waals surface area contributed by atoms with Gasteiger partial charge in [-0.3, -0.25) is 4.90 Å². The highest BCUT2D eigenvalue weighted by Gasteiger charge is 2.27. The molecule has 3 aromatic rings. The van der Waals surface area contributed by atoms with Gasteiger partial charge in [0.15, 0.2) is 0 Å². The maximum atomic E-state index is 13.6. The molecule has 0 saturated carbocycles. The second kappa shape index (κ2) is 11.0. The van der Waals surface area contributed by atoms with Crippen LogP contribution in [0, 0.1) is 18.6 Å². The number of anilines is 3. The van der Waals surface area contributed by atoms with E-state index in [9.17, 15) is 13.9 Å². The summed E-state index contributed by atoms with van der Waals surface area (Å²) in [6.07, 6.45) is 5.54. The number of β-amino-alcohol motifs (C(OH)–C–C–N with tert-alkyl or cyclic N) is 1. The largest absolute Gasteiger partial charge is 0.389 e. The Hall–Kier alpha value is -3.28. The van der Waals surface area contributed by atoms with Gasteiger partial charge in [-0.25, -0.2) is 13.5 Å². The van der Waals surface area contributed by atoms with E-state index >= 15 is 0 Å². The van der Waals surface area contributed by atoms with Gasteiger partial charge in [-0.05, 0) is 26.0 Å². The van der Waals surface area contributed by atoms with Crippen LogP contribution in [0.5, 0.6) is 0 Å². The van der Waals surface area contributed by atoms with Crippen molar-refractivity contribution in [3.8, 4) is 5.95 Å². The molecule has 1 atom stereocenters. The number of halogens is 3. The second-order valence-electron chi connectivity index (χ2n) is 9.43. The maximum absolute atomic E-state index is 13.6. The lowest BCUT2D eigenvalue weighted by atomic mass is 10.1. The minimum absolute atomic E-state index is 0. The van der Waals surface area contributed by atoms with Crippen LogP contribution < -0.4 is 15.5 Å². The summed E-state index contributed by atoms with van der Waals surface area (Å²) in [6.45, 7) is 8.02. The molecule has 1 aromatic carbocycles. The Kier molecular flexibility index (Phi) is 7.96. The summed E-state index contributed by atoms with van der Waals surface area (Å²) in [5.41, 5.74) is 8.41. The van der Waals surface area contributed by atoms with Crippen molar-refractivity contribution >= 4 is 35.8 Å². The first-order valence-corrected chi connectivity index (χ1v) is 12.0. The predicted molar refractivity (Wildman–Crippen MR) is 142 cm³/mol. The fourth-order valence-corrected chi connectivity index (χ4v) is 4.66. The van der Waals surface area contributed by atoms with Crippen molar-refractivity contribution in [2.45, 2.75) is 26.0 Å². The lowest BCUT2D eigenvalue weighted by Gasteiger charge is -2.40. The van der Waals surface area contributed by atoms with Crippen molar-refractivity contribution in [1.82, 2.24) is 24.6 Å². The van der Waals surface area contributed by atoms with Gasteiger partial charge in [-0.1, -0.05) is 12.2 Å². The van der Waals surface area contributed by atoms with E-state index in [4.69, 9.17) is 5.73 Å². The molecule has 2 saturated heterocycles. The van der Waals surface area contributed by atoms with Crippen LogP contribution in [0.4, 0.5) is 26.1 Å². The molecule has 2 aromatic heterocycles. The molecule has 5 rings (SSSR count). The zero-order valence-corrected chi connectivity index (χ0v) is 21.6. The van der Waals surface area contributed by atoms with Crippen molar-refractivity contribution in [3.05, 3.63) is 59.4 Å². The molecule has 2 fully saturated rings. The van der Waals surface area contributed by atoms with Gasteiger partial charge in [0.2, 0.25) is 0 Å². The molecule has 0 amide bonds. The van der Waals surface area contributed by atoms with Gasteiger partial charge in [0.05, 0.1) is 18.0 Å². The fraction of sp³-hybridized carbons (Fsp3) is 0.400. The minimum Gasteiger partial charge on any atom is -0.389 e. The van der Waals surface area contributed by atoms with E-state index < -0.39 is 11.6 Å². The summed E-state index contributed by atoms with van der Waals surface area (Å²) in [7, 11) is 0. The third kappa shape index (κ3) is 5.84. The summed E-state index contributed by atoms with van der Waals surface area (Å²) >= 11 is 0. The van der Waals surface area contributed by atoms with Gasteiger partial charge >= 0.3 is 0 Å². The third-order valence-electron chi connectivity index (χ3n) is 6.76. The predicted octanol–water partition coefficient (Wildman–Crippen LogP) is 2.66. The number of nitrogens with zero attached hydrogens (tertiary/aromatic N) is 7. The van der Waals surface area contributed by atoms with E-state index in [1.165, 1.54) is 12.1 Å². The number of aliphatic hydroxyl groups is 1. The van der Waals surface area contributed by atoms with Crippen molar-refractivity contribution in [1.29, 1.82) is 0 Å². The van der Waals surface area contributed by atoms with Crippen LogP contribution in [0.15, 0.2) is 36.5 Å². The first-order valence-electron chi connectivity index (χ1n) is 12.0. The van der Waals surface area contributed by atoms with Crippen LogP contribution in [-0.2, 0) is 0 Å². The summed E-state index contributed by atoms with van der Waals surface area (Å²) in [6, 6.07) is 5.57. The highest BCUT2D eigenvalue weighted by atomic mass is 35.5. The van der Waals surface area contributed by atoms with Crippen LogP contribution in [0.3, 0.4) is 0 Å². The Morgan fingerprint density at radius 1 is 1.05 bits per heavy atom. The molecule has 198 valence electrons. The number of aliphatic hydroxyl groups excluding tert-OH is 1. The smallest absolute Gasteiger partial charge is 0.254 e. The number of hydrogen-bond donors (Lipinski definition) is 2. The van der Waals surface area contributed by atoms with E-state index in [1.807, 2.05) is 22.8 Å². The summed E-state index contributed by atoms with van der Waals surface area (Å²) in [4.78, 5) is 15.2. The van der Waals surface area contributed by atoms with Crippen LogP contribution in [0.2, 0.25) is 0 Å². The number of nitrogen functional groups attached to an aromatic ring is 1. The first kappa shape index (κ1) is 26.8. The molecule has 12 heteroatoms. The summed E-state index contributed by atoms with van der Waals surface area (Å²) < 4.78 is 28.9. The summed E-state index contributed by atoms with van der Waals surface area (Å²) in [5, 5.41) is 14.0. The highest BCUT2D eigenvalue weighted by Crippen LogP contribution is 2.24. The SMILES string of the molecule is Cc1c(/C=C/CN2CCN(c3cc(F)cc(F)c3)C[C@H]2C)cnn1-c1nc(N)cc(N2CC(O)C2)n1.Cl. The molecular weight excluding hydrogens is 502 g/mol. The Bertz CT molecular complexity index is 1260. The van der Waals surface area contributed by atoms with Crippen molar-refractivity contribution in [2.24, 2.45) is 0 Å². The van der Waals surface area contributed by atoms with Gasteiger partial charge in [0.1, 0.15) is 23.3 Å². The molecule has 9 nitrogen and oxygen atoms in total. The van der Waals surface area contributed by atoms with Crippen molar-refractivity contribution in [3.63, 3.8) is 0 Å². The van der Waals surface area contributed by atoms with Crippen LogP contribution >= 0.6 is 12.4 Å². The number of hydrogen-bond acceptors (Lipinski definition) is 8. The van der Waals surface area contributed by atoms with Gasteiger partial charge in [-0.15, -0.1) is 12.4 Å². The average molecular weight is 533 g/mol. The lowest BCUT2D eigenvalue weighted by Crippen LogP contribution is -2.51. The zero-order valence-electron chi connectivity index (χ0n) is 20.8. The van der Waals surface area contributed by atoms with E-state index in [0.29, 0.717) is 49.5 Å². The fourth-order valence-electron chi connectivity index (χ4n) is 4.66. The number of rotatable bonds is 6. The molecular formula is C25H31ClF2N8O. The third-order valence-corrected chi connectivity index (χ3v) is 6.76. The van der Waals surface area contributed by atoms with E-state index in [1.54, 1.807) is 16.9 Å². The molecule has 0 radical (unpaired) electrons. The molecule has 4 heterocycles. The Balaban J connectivity index is 0.00000320.